The van der Waals surface area contributed by atoms with Crippen LogP contribution >= 0.6 is 0 Å². The van der Waals surface area contributed by atoms with Gasteiger partial charge in [-0.25, -0.2) is 9.97 Å². The highest BCUT2D eigenvalue weighted by molar-refractivity contribution is 5.94. The van der Waals surface area contributed by atoms with E-state index in [-0.39, 0.29) is 11.8 Å². The molecule has 160 valence electrons. The summed E-state index contributed by atoms with van der Waals surface area (Å²) in [6.45, 7) is 3.15. The van der Waals surface area contributed by atoms with Gasteiger partial charge >= 0.3 is 0 Å². The first-order chi connectivity index (χ1) is 15.7. The van der Waals surface area contributed by atoms with Crippen LogP contribution < -0.4 is 0 Å². The van der Waals surface area contributed by atoms with Crippen LogP contribution in [0.15, 0.2) is 65.7 Å². The third-order valence-electron chi connectivity index (χ3n) is 5.61. The van der Waals surface area contributed by atoms with E-state index in [1.54, 1.807) is 36.9 Å². The zero-order valence-corrected chi connectivity index (χ0v) is 17.7. The second-order valence-corrected chi connectivity index (χ2v) is 7.87. The lowest BCUT2D eigenvalue weighted by Crippen LogP contribution is -2.39. The van der Waals surface area contributed by atoms with Crippen LogP contribution in [-0.4, -0.2) is 49.0 Å². The molecule has 0 spiro atoms. The number of likely N-dealkylation sites (tertiary alicyclic amines) is 1. The molecule has 1 aliphatic heterocycles. The van der Waals surface area contributed by atoms with Gasteiger partial charge in [-0.05, 0) is 44.0 Å². The molecule has 8 nitrogen and oxygen atoms in total. The monoisotopic (exact) mass is 426 g/mol. The van der Waals surface area contributed by atoms with Gasteiger partial charge < -0.3 is 9.42 Å². The van der Waals surface area contributed by atoms with Gasteiger partial charge in [-0.2, -0.15) is 0 Å². The minimum Gasteiger partial charge on any atom is -0.356 e. The second-order valence-electron chi connectivity index (χ2n) is 7.87. The van der Waals surface area contributed by atoms with E-state index in [4.69, 9.17) is 9.51 Å². The maximum atomic E-state index is 13.0. The largest absolute Gasteiger partial charge is 0.356 e. The Bertz CT molecular complexity index is 1230. The van der Waals surface area contributed by atoms with Gasteiger partial charge in [0.2, 0.25) is 0 Å². The van der Waals surface area contributed by atoms with Gasteiger partial charge in [-0.3, -0.25) is 14.8 Å². The summed E-state index contributed by atoms with van der Waals surface area (Å²) in [4.78, 5) is 32.8. The van der Waals surface area contributed by atoms with Crippen molar-refractivity contribution in [1.82, 2.24) is 30.0 Å². The summed E-state index contributed by atoms with van der Waals surface area (Å²) in [6, 6.07) is 11.1. The van der Waals surface area contributed by atoms with Crippen molar-refractivity contribution in [3.8, 4) is 22.8 Å². The zero-order valence-electron chi connectivity index (χ0n) is 17.7. The predicted molar refractivity (Wildman–Crippen MR) is 118 cm³/mol. The fourth-order valence-electron chi connectivity index (χ4n) is 4.06. The number of nitrogens with zero attached hydrogens (tertiary/aromatic N) is 6. The molecule has 5 rings (SSSR count). The Morgan fingerprint density at radius 2 is 2.06 bits per heavy atom. The van der Waals surface area contributed by atoms with Crippen molar-refractivity contribution in [2.75, 3.05) is 13.1 Å². The van der Waals surface area contributed by atoms with Crippen LogP contribution in [0, 0.1) is 6.92 Å². The first kappa shape index (κ1) is 20.0. The van der Waals surface area contributed by atoms with Crippen LogP contribution in [0.4, 0.5) is 0 Å². The number of pyridine rings is 2. The van der Waals surface area contributed by atoms with Gasteiger partial charge in [-0.1, -0.05) is 11.2 Å². The number of amides is 1. The summed E-state index contributed by atoms with van der Waals surface area (Å²) < 4.78 is 5.54. The van der Waals surface area contributed by atoms with Gasteiger partial charge in [0.05, 0.1) is 22.5 Å². The lowest BCUT2D eigenvalue weighted by molar-refractivity contribution is 0.0705. The van der Waals surface area contributed by atoms with Crippen molar-refractivity contribution >= 4 is 5.91 Å². The molecular weight excluding hydrogens is 404 g/mol. The van der Waals surface area contributed by atoms with E-state index in [2.05, 4.69) is 20.1 Å². The summed E-state index contributed by atoms with van der Waals surface area (Å²) in [5.41, 5.74) is 3.73. The fraction of sp³-hybridized carbons (Fsp3) is 0.250. The number of aromatic nitrogens is 5. The average molecular weight is 426 g/mol. The summed E-state index contributed by atoms with van der Waals surface area (Å²) in [7, 11) is 0. The van der Waals surface area contributed by atoms with Crippen LogP contribution in [0.5, 0.6) is 0 Å². The number of carbonyl (C=O) groups is 1. The Balaban J connectivity index is 1.52. The van der Waals surface area contributed by atoms with Crippen LogP contribution in [0.1, 0.15) is 40.5 Å². The van der Waals surface area contributed by atoms with E-state index in [9.17, 15) is 4.79 Å². The summed E-state index contributed by atoms with van der Waals surface area (Å²) in [5.74, 6) is 1.20. The third kappa shape index (κ3) is 3.99. The van der Waals surface area contributed by atoms with Gasteiger partial charge in [0.1, 0.15) is 5.69 Å². The highest BCUT2D eigenvalue weighted by Crippen LogP contribution is 2.34. The molecule has 0 N–H and O–H groups in total. The first-order valence-corrected chi connectivity index (χ1v) is 10.6. The molecule has 1 aliphatic rings. The molecule has 1 saturated heterocycles. The highest BCUT2D eigenvalue weighted by Gasteiger charge is 2.29. The van der Waals surface area contributed by atoms with Crippen LogP contribution in [-0.2, 0) is 0 Å². The number of rotatable bonds is 4. The number of aryl methyl sites for hydroxylation is 1. The molecule has 0 bridgehead atoms. The third-order valence-corrected chi connectivity index (χ3v) is 5.61. The summed E-state index contributed by atoms with van der Waals surface area (Å²) in [6.07, 6.45) is 8.57. The van der Waals surface area contributed by atoms with E-state index in [0.717, 1.165) is 29.8 Å². The van der Waals surface area contributed by atoms with E-state index < -0.39 is 0 Å². The second kappa shape index (κ2) is 8.66. The standard InChI is InChI=1S/C24H22N6O2/c1-16-12-21(32-29-16)19-14-27-23(20-8-2-3-10-26-20)28-22(19)18-7-5-11-30(15-18)24(31)17-6-4-9-25-13-17/h2-4,6,8-10,12-14,18H,5,7,11,15H2,1H3. The molecule has 1 unspecified atom stereocenters. The molecule has 0 radical (unpaired) electrons. The molecule has 8 heteroatoms. The minimum absolute atomic E-state index is 0.0149. The molecule has 0 aromatic carbocycles. The molecule has 0 saturated carbocycles. The first-order valence-electron chi connectivity index (χ1n) is 10.6. The number of hydrogen-bond acceptors (Lipinski definition) is 7. The van der Waals surface area contributed by atoms with Crippen LogP contribution in [0.2, 0.25) is 0 Å². The lowest BCUT2D eigenvalue weighted by atomic mass is 9.91. The Labute approximate surface area is 185 Å². The molecule has 0 aliphatic carbocycles. The maximum Gasteiger partial charge on any atom is 0.255 e. The predicted octanol–water partition coefficient (Wildman–Crippen LogP) is 3.92. The molecule has 4 aromatic rings. The van der Waals surface area contributed by atoms with E-state index >= 15 is 0 Å². The Morgan fingerprint density at radius 3 is 2.81 bits per heavy atom. The maximum absolute atomic E-state index is 13.0. The van der Waals surface area contributed by atoms with Crippen molar-refractivity contribution in [2.45, 2.75) is 25.7 Å². The molecule has 1 atom stereocenters. The number of carbonyl (C=O) groups excluding carboxylic acids is 1. The molecule has 4 aromatic heterocycles. The van der Waals surface area contributed by atoms with Crippen molar-refractivity contribution in [2.24, 2.45) is 0 Å². The SMILES string of the molecule is Cc1cc(-c2cnc(-c3ccccn3)nc2C2CCCN(C(=O)c3cccnc3)C2)on1. The fourth-order valence-corrected chi connectivity index (χ4v) is 4.06. The van der Waals surface area contributed by atoms with E-state index in [1.165, 1.54) is 0 Å². The van der Waals surface area contributed by atoms with Gasteiger partial charge in [0.25, 0.3) is 5.91 Å². The number of hydrogen-bond donors (Lipinski definition) is 0. The van der Waals surface area contributed by atoms with E-state index in [1.807, 2.05) is 36.1 Å². The quantitative estimate of drug-likeness (QED) is 0.488. The summed E-state index contributed by atoms with van der Waals surface area (Å²) >= 11 is 0. The summed E-state index contributed by atoms with van der Waals surface area (Å²) in [5, 5.41) is 4.03. The minimum atomic E-state index is -0.0149. The highest BCUT2D eigenvalue weighted by atomic mass is 16.5. The lowest BCUT2D eigenvalue weighted by Gasteiger charge is -2.33. The molecule has 32 heavy (non-hydrogen) atoms. The Morgan fingerprint density at radius 1 is 1.12 bits per heavy atom. The normalized spacial score (nSPS) is 16.2. The van der Waals surface area contributed by atoms with Crippen LogP contribution in [0.3, 0.4) is 0 Å². The molecule has 5 heterocycles. The average Bonchev–Trinajstić information content (AvgIpc) is 3.30. The van der Waals surface area contributed by atoms with Crippen LogP contribution in [0.25, 0.3) is 22.8 Å². The number of piperidine rings is 1. The molecular formula is C24H22N6O2. The Kier molecular flexibility index (Phi) is 5.41. The zero-order chi connectivity index (χ0) is 21.9. The molecule has 1 fully saturated rings. The van der Waals surface area contributed by atoms with Gasteiger partial charge in [0.15, 0.2) is 11.6 Å². The van der Waals surface area contributed by atoms with Gasteiger partial charge in [-0.15, -0.1) is 0 Å². The topological polar surface area (TPSA) is 97.9 Å². The Hall–Kier alpha value is -3.94. The van der Waals surface area contributed by atoms with E-state index in [0.29, 0.717) is 35.9 Å². The van der Waals surface area contributed by atoms with Crippen molar-refractivity contribution in [3.63, 3.8) is 0 Å². The molecule has 1 amide bonds. The van der Waals surface area contributed by atoms with Crippen molar-refractivity contribution in [1.29, 1.82) is 0 Å². The van der Waals surface area contributed by atoms with Gasteiger partial charge in [0, 0.05) is 49.9 Å². The van der Waals surface area contributed by atoms with Crippen molar-refractivity contribution < 1.29 is 9.32 Å². The smallest absolute Gasteiger partial charge is 0.255 e. The van der Waals surface area contributed by atoms with Crippen molar-refractivity contribution in [3.05, 3.63) is 78.1 Å².